The summed E-state index contributed by atoms with van der Waals surface area (Å²) >= 11 is 0. The van der Waals surface area contributed by atoms with Gasteiger partial charge >= 0.3 is 0 Å². The number of aromatic nitrogens is 3. The van der Waals surface area contributed by atoms with Crippen LogP contribution in [0.5, 0.6) is 0 Å². The molecular weight excluding hydrogens is 274 g/mol. The van der Waals surface area contributed by atoms with Crippen molar-refractivity contribution >= 4 is 0 Å². The fraction of sp³-hybridized carbons (Fsp3) is 0.529. The van der Waals surface area contributed by atoms with Gasteiger partial charge < -0.3 is 10.2 Å². The van der Waals surface area contributed by atoms with Crippen LogP contribution in [-0.4, -0.2) is 45.8 Å². The molecule has 0 unspecified atom stereocenters. The molecule has 1 aliphatic carbocycles. The van der Waals surface area contributed by atoms with E-state index in [1.807, 2.05) is 18.5 Å². The fourth-order valence-corrected chi connectivity index (χ4v) is 3.42. The number of aromatic amines is 1. The lowest BCUT2D eigenvalue weighted by atomic mass is 10.1. The molecule has 0 amide bonds. The lowest BCUT2D eigenvalue weighted by Gasteiger charge is -2.15. The Morgan fingerprint density at radius 2 is 2.23 bits per heavy atom. The molecule has 0 aromatic carbocycles. The van der Waals surface area contributed by atoms with Crippen molar-refractivity contribution < 1.29 is 0 Å². The van der Waals surface area contributed by atoms with Crippen LogP contribution < -0.4 is 5.32 Å². The molecule has 1 aliphatic heterocycles. The summed E-state index contributed by atoms with van der Waals surface area (Å²) < 4.78 is 0. The monoisotopic (exact) mass is 297 g/mol. The van der Waals surface area contributed by atoms with Gasteiger partial charge in [0.05, 0.1) is 11.9 Å². The highest BCUT2D eigenvalue weighted by molar-refractivity contribution is 5.61. The van der Waals surface area contributed by atoms with Crippen molar-refractivity contribution in [3.63, 3.8) is 0 Å². The van der Waals surface area contributed by atoms with E-state index in [1.54, 1.807) is 6.20 Å². The van der Waals surface area contributed by atoms with Crippen LogP contribution in [0.3, 0.4) is 0 Å². The maximum atomic E-state index is 4.19. The molecule has 116 valence electrons. The van der Waals surface area contributed by atoms with Crippen LogP contribution in [0.2, 0.25) is 0 Å². The lowest BCUT2D eigenvalue weighted by Crippen LogP contribution is -2.27. The molecule has 5 heteroatoms. The predicted octanol–water partition coefficient (Wildman–Crippen LogP) is 2.05. The summed E-state index contributed by atoms with van der Waals surface area (Å²) in [5.74, 6) is 0.800. The SMILES string of the molecule is c1cncc(-c2[nH]ncc2CNC[C@@H]2CCN(C3CC3)C2)c1. The summed E-state index contributed by atoms with van der Waals surface area (Å²) in [5, 5.41) is 10.9. The molecule has 2 aromatic rings. The highest BCUT2D eigenvalue weighted by atomic mass is 15.2. The number of hydrogen-bond acceptors (Lipinski definition) is 4. The average molecular weight is 297 g/mol. The Bertz CT molecular complexity index is 605. The van der Waals surface area contributed by atoms with Gasteiger partial charge in [-0.3, -0.25) is 10.1 Å². The second kappa shape index (κ2) is 6.18. The third-order valence-corrected chi connectivity index (χ3v) is 4.80. The number of rotatable bonds is 6. The molecule has 0 bridgehead atoms. The van der Waals surface area contributed by atoms with Gasteiger partial charge in [-0.15, -0.1) is 0 Å². The van der Waals surface area contributed by atoms with Crippen LogP contribution in [0, 0.1) is 5.92 Å². The Hall–Kier alpha value is -1.72. The number of H-pyrrole nitrogens is 1. The van der Waals surface area contributed by atoms with E-state index in [0.717, 1.165) is 36.3 Å². The molecule has 0 radical (unpaired) electrons. The minimum Gasteiger partial charge on any atom is -0.312 e. The number of hydrogen-bond donors (Lipinski definition) is 2. The molecular formula is C17H23N5. The van der Waals surface area contributed by atoms with Gasteiger partial charge in [-0.25, -0.2) is 0 Å². The van der Waals surface area contributed by atoms with E-state index in [9.17, 15) is 0 Å². The van der Waals surface area contributed by atoms with Crippen molar-refractivity contribution in [1.82, 2.24) is 25.4 Å². The molecule has 1 saturated carbocycles. The van der Waals surface area contributed by atoms with Crippen LogP contribution >= 0.6 is 0 Å². The summed E-state index contributed by atoms with van der Waals surface area (Å²) in [6.45, 7) is 4.53. The first-order valence-corrected chi connectivity index (χ1v) is 8.27. The Morgan fingerprint density at radius 1 is 1.27 bits per heavy atom. The minimum atomic E-state index is 0.800. The molecule has 2 N–H and O–H groups in total. The smallest absolute Gasteiger partial charge is 0.0710 e. The number of likely N-dealkylation sites (tertiary alicyclic amines) is 1. The van der Waals surface area contributed by atoms with Crippen molar-refractivity contribution in [1.29, 1.82) is 0 Å². The Kier molecular flexibility index (Phi) is 3.91. The summed E-state index contributed by atoms with van der Waals surface area (Å²) in [6, 6.07) is 4.93. The fourth-order valence-electron chi connectivity index (χ4n) is 3.42. The van der Waals surface area contributed by atoms with Crippen molar-refractivity contribution in [2.24, 2.45) is 5.92 Å². The molecule has 2 fully saturated rings. The third kappa shape index (κ3) is 3.05. The summed E-state index contributed by atoms with van der Waals surface area (Å²) in [4.78, 5) is 6.85. The number of pyridine rings is 1. The number of nitrogens with one attached hydrogen (secondary N) is 2. The third-order valence-electron chi connectivity index (χ3n) is 4.80. The van der Waals surface area contributed by atoms with Gasteiger partial charge in [0.15, 0.2) is 0 Å². The first-order valence-electron chi connectivity index (χ1n) is 8.27. The number of nitrogens with zero attached hydrogens (tertiary/aromatic N) is 3. The summed E-state index contributed by atoms with van der Waals surface area (Å²) in [7, 11) is 0. The molecule has 2 aromatic heterocycles. The zero-order valence-electron chi connectivity index (χ0n) is 12.8. The topological polar surface area (TPSA) is 56.8 Å². The van der Waals surface area contributed by atoms with Gasteiger partial charge in [0.1, 0.15) is 0 Å². The van der Waals surface area contributed by atoms with Crippen LogP contribution in [0.1, 0.15) is 24.8 Å². The molecule has 0 spiro atoms. The molecule has 1 saturated heterocycles. The molecule has 2 aliphatic rings. The summed E-state index contributed by atoms with van der Waals surface area (Å²) in [6.07, 6.45) is 9.77. The molecule has 22 heavy (non-hydrogen) atoms. The van der Waals surface area contributed by atoms with Gasteiger partial charge in [-0.1, -0.05) is 0 Å². The zero-order valence-corrected chi connectivity index (χ0v) is 12.8. The lowest BCUT2D eigenvalue weighted by molar-refractivity contribution is 0.312. The van der Waals surface area contributed by atoms with Gasteiger partial charge in [0.25, 0.3) is 0 Å². The van der Waals surface area contributed by atoms with Gasteiger partial charge in [0.2, 0.25) is 0 Å². The van der Waals surface area contributed by atoms with Gasteiger partial charge in [-0.05, 0) is 50.4 Å². The van der Waals surface area contributed by atoms with E-state index in [0.29, 0.717) is 0 Å². The van der Waals surface area contributed by atoms with E-state index in [1.165, 1.54) is 37.9 Å². The van der Waals surface area contributed by atoms with Crippen LogP contribution in [-0.2, 0) is 6.54 Å². The maximum absolute atomic E-state index is 4.19. The Balaban J connectivity index is 1.30. The predicted molar refractivity (Wildman–Crippen MR) is 86.2 cm³/mol. The minimum absolute atomic E-state index is 0.800. The van der Waals surface area contributed by atoms with Gasteiger partial charge in [-0.2, -0.15) is 5.10 Å². The van der Waals surface area contributed by atoms with Crippen molar-refractivity contribution in [2.75, 3.05) is 19.6 Å². The quantitative estimate of drug-likeness (QED) is 0.857. The Labute approximate surface area is 131 Å². The standard InChI is InChI=1S/C17H23N5/c1-2-14(9-18-6-1)17-15(11-20-21-17)10-19-8-13-5-7-22(12-13)16-3-4-16/h1-2,6,9,11,13,16,19H,3-5,7-8,10,12H2,(H,20,21)/t13-/m0/s1. The normalized spacial score (nSPS) is 22.3. The van der Waals surface area contributed by atoms with Crippen molar-refractivity contribution in [3.05, 3.63) is 36.3 Å². The Morgan fingerprint density at radius 3 is 3.05 bits per heavy atom. The van der Waals surface area contributed by atoms with Crippen LogP contribution in [0.15, 0.2) is 30.7 Å². The van der Waals surface area contributed by atoms with Gasteiger partial charge in [0, 0.05) is 42.7 Å². The summed E-state index contributed by atoms with van der Waals surface area (Å²) in [5.41, 5.74) is 3.38. The molecule has 5 nitrogen and oxygen atoms in total. The first kappa shape index (κ1) is 13.9. The van der Waals surface area contributed by atoms with E-state index >= 15 is 0 Å². The highest BCUT2D eigenvalue weighted by Gasteiger charge is 2.33. The first-order chi connectivity index (χ1) is 10.9. The second-order valence-corrected chi connectivity index (χ2v) is 6.52. The largest absolute Gasteiger partial charge is 0.312 e. The molecule has 1 atom stereocenters. The van der Waals surface area contributed by atoms with E-state index < -0.39 is 0 Å². The van der Waals surface area contributed by atoms with E-state index in [4.69, 9.17) is 0 Å². The van der Waals surface area contributed by atoms with Crippen molar-refractivity contribution in [3.8, 4) is 11.3 Å². The van der Waals surface area contributed by atoms with Crippen LogP contribution in [0.4, 0.5) is 0 Å². The molecule has 3 heterocycles. The van der Waals surface area contributed by atoms with E-state index in [-0.39, 0.29) is 0 Å². The highest BCUT2D eigenvalue weighted by Crippen LogP contribution is 2.31. The zero-order chi connectivity index (χ0) is 14.8. The average Bonchev–Trinajstić information content (AvgIpc) is 3.12. The molecule has 4 rings (SSSR count). The van der Waals surface area contributed by atoms with E-state index in [2.05, 4.69) is 31.5 Å². The second-order valence-electron chi connectivity index (χ2n) is 6.52. The van der Waals surface area contributed by atoms with Crippen molar-refractivity contribution in [2.45, 2.75) is 31.8 Å². The van der Waals surface area contributed by atoms with Crippen LogP contribution in [0.25, 0.3) is 11.3 Å². The maximum Gasteiger partial charge on any atom is 0.0710 e.